The second kappa shape index (κ2) is 5.92. The van der Waals surface area contributed by atoms with Crippen molar-refractivity contribution in [2.75, 3.05) is 12.1 Å². The fourth-order valence-electron chi connectivity index (χ4n) is 4.46. The molecule has 3 aliphatic rings. The number of ketones is 1. The van der Waals surface area contributed by atoms with Crippen LogP contribution in [-0.4, -0.2) is 12.6 Å². The SMILES string of the molecule is C#Cc1cc2c(cc1C1Nc3ccc(C(C)=O)cc3C3C=CCC31)OCO2. The normalized spacial score (nSPS) is 23.9. The quantitative estimate of drug-likeness (QED) is 0.491. The van der Waals surface area contributed by atoms with Gasteiger partial charge in [-0.2, -0.15) is 0 Å². The van der Waals surface area contributed by atoms with Crippen molar-refractivity contribution in [2.45, 2.75) is 25.3 Å². The van der Waals surface area contributed by atoms with Crippen molar-refractivity contribution in [2.24, 2.45) is 5.92 Å². The summed E-state index contributed by atoms with van der Waals surface area (Å²) in [4.78, 5) is 11.8. The Morgan fingerprint density at radius 2 is 2.00 bits per heavy atom. The van der Waals surface area contributed by atoms with Crippen LogP contribution in [0.25, 0.3) is 0 Å². The molecule has 5 rings (SSSR count). The molecule has 2 aliphatic heterocycles. The molecule has 0 aromatic heterocycles. The monoisotopic (exact) mass is 357 g/mol. The van der Waals surface area contributed by atoms with E-state index >= 15 is 0 Å². The summed E-state index contributed by atoms with van der Waals surface area (Å²) in [5, 5.41) is 3.67. The van der Waals surface area contributed by atoms with Gasteiger partial charge in [0.05, 0.1) is 6.04 Å². The first-order valence-corrected chi connectivity index (χ1v) is 9.14. The predicted octanol–water partition coefficient (Wildman–Crippen LogP) is 4.43. The lowest BCUT2D eigenvalue weighted by atomic mass is 9.75. The largest absolute Gasteiger partial charge is 0.454 e. The van der Waals surface area contributed by atoms with Crippen LogP contribution in [0.15, 0.2) is 42.5 Å². The average molecular weight is 357 g/mol. The molecule has 1 N–H and O–H groups in total. The Labute approximate surface area is 158 Å². The van der Waals surface area contributed by atoms with Crippen LogP contribution in [0.5, 0.6) is 11.5 Å². The number of anilines is 1. The van der Waals surface area contributed by atoms with E-state index in [0.29, 0.717) is 11.7 Å². The van der Waals surface area contributed by atoms with Crippen LogP contribution >= 0.6 is 0 Å². The highest BCUT2D eigenvalue weighted by atomic mass is 16.7. The summed E-state index contributed by atoms with van der Waals surface area (Å²) in [6.07, 6.45) is 11.2. The molecule has 0 fully saturated rings. The summed E-state index contributed by atoms with van der Waals surface area (Å²) in [6, 6.07) is 9.89. The van der Waals surface area contributed by atoms with Crippen LogP contribution in [0.2, 0.25) is 0 Å². The number of hydrogen-bond donors (Lipinski definition) is 1. The van der Waals surface area contributed by atoms with E-state index in [1.807, 2.05) is 30.3 Å². The van der Waals surface area contributed by atoms with Gasteiger partial charge in [0.15, 0.2) is 17.3 Å². The molecular weight excluding hydrogens is 338 g/mol. The van der Waals surface area contributed by atoms with Crippen LogP contribution in [0.3, 0.4) is 0 Å². The number of carbonyl (C=O) groups is 1. The zero-order valence-electron chi connectivity index (χ0n) is 15.0. The summed E-state index contributed by atoms with van der Waals surface area (Å²) >= 11 is 0. The molecule has 134 valence electrons. The molecule has 1 aliphatic carbocycles. The molecule has 0 bridgehead atoms. The minimum absolute atomic E-state index is 0.0706. The van der Waals surface area contributed by atoms with E-state index in [0.717, 1.165) is 34.5 Å². The predicted molar refractivity (Wildman–Crippen MR) is 103 cm³/mol. The molecule has 0 saturated heterocycles. The second-order valence-corrected chi connectivity index (χ2v) is 7.27. The number of rotatable bonds is 2. The number of nitrogens with one attached hydrogen (secondary N) is 1. The van der Waals surface area contributed by atoms with Crippen molar-refractivity contribution in [3.8, 4) is 23.8 Å². The van der Waals surface area contributed by atoms with Gasteiger partial charge in [-0.25, -0.2) is 0 Å². The van der Waals surface area contributed by atoms with Gasteiger partial charge in [-0.15, -0.1) is 6.42 Å². The van der Waals surface area contributed by atoms with Crippen LogP contribution in [-0.2, 0) is 0 Å². The topological polar surface area (TPSA) is 47.6 Å². The number of benzene rings is 2. The highest BCUT2D eigenvalue weighted by molar-refractivity contribution is 5.95. The number of carbonyl (C=O) groups excluding carboxylic acids is 1. The van der Waals surface area contributed by atoms with Gasteiger partial charge < -0.3 is 14.8 Å². The number of terminal acetylenes is 1. The Kier molecular flexibility index (Phi) is 3.51. The molecule has 27 heavy (non-hydrogen) atoms. The van der Waals surface area contributed by atoms with Crippen molar-refractivity contribution < 1.29 is 14.3 Å². The Hall–Kier alpha value is -3.19. The van der Waals surface area contributed by atoms with Crippen LogP contribution < -0.4 is 14.8 Å². The third-order valence-electron chi connectivity index (χ3n) is 5.80. The first-order valence-electron chi connectivity index (χ1n) is 9.14. The number of Topliss-reactive ketones (excluding diaryl/α,β-unsaturated/α-hetero) is 1. The van der Waals surface area contributed by atoms with Gasteiger partial charge in [0.25, 0.3) is 0 Å². The minimum Gasteiger partial charge on any atom is -0.454 e. The first kappa shape index (κ1) is 16.0. The smallest absolute Gasteiger partial charge is 0.231 e. The Morgan fingerprint density at radius 1 is 1.19 bits per heavy atom. The van der Waals surface area contributed by atoms with Crippen LogP contribution in [0.4, 0.5) is 5.69 Å². The number of hydrogen-bond acceptors (Lipinski definition) is 4. The van der Waals surface area contributed by atoms with Gasteiger partial charge in [-0.05, 0) is 54.7 Å². The summed E-state index contributed by atoms with van der Waals surface area (Å²) in [5.41, 5.74) is 4.87. The molecule has 0 spiro atoms. The van der Waals surface area contributed by atoms with Crippen molar-refractivity contribution in [3.05, 3.63) is 64.7 Å². The van der Waals surface area contributed by atoms with E-state index in [1.165, 1.54) is 5.56 Å². The zero-order valence-corrected chi connectivity index (χ0v) is 15.0. The Morgan fingerprint density at radius 3 is 2.78 bits per heavy atom. The third kappa shape index (κ3) is 2.43. The standard InChI is InChI=1S/C23H19NO3/c1-3-14-10-21-22(27-12-26-21)11-18(14)23-17-6-4-5-16(17)19-9-15(13(2)25)7-8-20(19)24-23/h1,4-5,7-11,16-17,23-24H,6,12H2,2H3. The van der Waals surface area contributed by atoms with Crippen molar-refractivity contribution in [1.82, 2.24) is 0 Å². The summed E-state index contributed by atoms with van der Waals surface area (Å²) < 4.78 is 11.1. The van der Waals surface area contributed by atoms with Crippen LogP contribution in [0.1, 0.15) is 52.4 Å². The lowest BCUT2D eigenvalue weighted by molar-refractivity contribution is 0.101. The molecule has 0 amide bonds. The fourth-order valence-corrected chi connectivity index (χ4v) is 4.46. The Balaban J connectivity index is 1.62. The molecule has 4 heteroatoms. The van der Waals surface area contributed by atoms with Crippen LogP contribution in [0, 0.1) is 18.3 Å². The fraction of sp³-hybridized carbons (Fsp3) is 0.261. The average Bonchev–Trinajstić information content (AvgIpc) is 3.34. The third-order valence-corrected chi connectivity index (χ3v) is 5.80. The van der Waals surface area contributed by atoms with Gasteiger partial charge in [0.1, 0.15) is 0 Å². The van der Waals surface area contributed by atoms with E-state index in [2.05, 4.69) is 23.4 Å². The molecular formula is C23H19NO3. The van der Waals surface area contributed by atoms with Gasteiger partial charge in [-0.3, -0.25) is 4.79 Å². The van der Waals surface area contributed by atoms with E-state index in [-0.39, 0.29) is 24.5 Å². The maximum absolute atomic E-state index is 11.8. The summed E-state index contributed by atoms with van der Waals surface area (Å²) in [5.74, 6) is 4.95. The second-order valence-electron chi connectivity index (χ2n) is 7.27. The highest BCUT2D eigenvalue weighted by Gasteiger charge is 2.39. The molecule has 0 saturated carbocycles. The van der Waals surface area contributed by atoms with Crippen molar-refractivity contribution >= 4 is 11.5 Å². The molecule has 3 atom stereocenters. The molecule has 4 nitrogen and oxygen atoms in total. The zero-order chi connectivity index (χ0) is 18.5. The van der Waals surface area contributed by atoms with E-state index in [9.17, 15) is 4.79 Å². The van der Waals surface area contributed by atoms with Crippen molar-refractivity contribution in [3.63, 3.8) is 0 Å². The van der Waals surface area contributed by atoms with Gasteiger partial charge in [0, 0.05) is 28.8 Å². The van der Waals surface area contributed by atoms with Gasteiger partial charge in [0.2, 0.25) is 6.79 Å². The first-order chi connectivity index (χ1) is 13.2. The maximum atomic E-state index is 11.8. The highest BCUT2D eigenvalue weighted by Crippen LogP contribution is 2.51. The van der Waals surface area contributed by atoms with Gasteiger partial charge >= 0.3 is 0 Å². The van der Waals surface area contributed by atoms with E-state index in [1.54, 1.807) is 6.92 Å². The van der Waals surface area contributed by atoms with E-state index in [4.69, 9.17) is 15.9 Å². The van der Waals surface area contributed by atoms with E-state index < -0.39 is 0 Å². The molecule has 3 unspecified atom stereocenters. The molecule has 2 aromatic carbocycles. The lowest BCUT2D eigenvalue weighted by Gasteiger charge is -2.38. The summed E-state index contributed by atoms with van der Waals surface area (Å²) in [7, 11) is 0. The number of allylic oxidation sites excluding steroid dienone is 2. The Bertz CT molecular complexity index is 1030. The van der Waals surface area contributed by atoms with Crippen molar-refractivity contribution in [1.29, 1.82) is 0 Å². The molecule has 2 heterocycles. The molecule has 2 aromatic rings. The lowest BCUT2D eigenvalue weighted by Crippen LogP contribution is -2.29. The molecule has 0 radical (unpaired) electrons. The maximum Gasteiger partial charge on any atom is 0.231 e. The number of fused-ring (bicyclic) bond motifs is 4. The summed E-state index contributed by atoms with van der Waals surface area (Å²) in [6.45, 7) is 1.83. The number of ether oxygens (including phenoxy) is 2. The minimum atomic E-state index is 0.0706. The van der Waals surface area contributed by atoms with Gasteiger partial charge in [-0.1, -0.05) is 18.1 Å².